The van der Waals surface area contributed by atoms with Crippen LogP contribution in [0, 0.1) is 0 Å². The SMILES string of the molecule is O=c1[nH]c2ccc(Cl)nc2cc1-c1ccccc1. The van der Waals surface area contributed by atoms with Crippen molar-refractivity contribution in [3.8, 4) is 11.1 Å². The quantitative estimate of drug-likeness (QED) is 0.680. The third-order valence-electron chi connectivity index (χ3n) is 2.75. The third kappa shape index (κ3) is 1.89. The molecular formula is C14H9ClN2O. The largest absolute Gasteiger partial charge is 0.320 e. The van der Waals surface area contributed by atoms with E-state index in [4.69, 9.17) is 11.6 Å². The fourth-order valence-electron chi connectivity index (χ4n) is 1.89. The minimum atomic E-state index is -0.127. The number of hydrogen-bond donors (Lipinski definition) is 1. The second-order valence-corrected chi connectivity index (χ2v) is 4.33. The van der Waals surface area contributed by atoms with E-state index in [1.165, 1.54) is 0 Å². The molecule has 2 heterocycles. The van der Waals surface area contributed by atoms with Crippen molar-refractivity contribution in [2.45, 2.75) is 0 Å². The zero-order valence-electron chi connectivity index (χ0n) is 9.35. The molecule has 0 atom stereocenters. The molecular weight excluding hydrogens is 248 g/mol. The molecule has 3 nitrogen and oxygen atoms in total. The van der Waals surface area contributed by atoms with E-state index >= 15 is 0 Å². The molecule has 0 fully saturated rings. The zero-order valence-corrected chi connectivity index (χ0v) is 10.1. The lowest BCUT2D eigenvalue weighted by molar-refractivity contribution is 1.27. The lowest BCUT2D eigenvalue weighted by atomic mass is 10.1. The second kappa shape index (κ2) is 4.27. The Hall–Kier alpha value is -2.13. The van der Waals surface area contributed by atoms with Gasteiger partial charge in [-0.3, -0.25) is 4.79 Å². The van der Waals surface area contributed by atoms with Crippen LogP contribution in [-0.2, 0) is 0 Å². The van der Waals surface area contributed by atoms with E-state index in [2.05, 4.69) is 9.97 Å². The first-order chi connectivity index (χ1) is 8.74. The number of halogens is 1. The average molecular weight is 257 g/mol. The molecule has 2 aromatic heterocycles. The van der Waals surface area contributed by atoms with E-state index in [0.29, 0.717) is 21.7 Å². The van der Waals surface area contributed by atoms with Crippen molar-refractivity contribution in [1.82, 2.24) is 9.97 Å². The molecule has 0 unspecified atom stereocenters. The maximum atomic E-state index is 12.0. The van der Waals surface area contributed by atoms with Crippen LogP contribution in [0.15, 0.2) is 53.3 Å². The van der Waals surface area contributed by atoms with Crippen LogP contribution in [0.3, 0.4) is 0 Å². The highest BCUT2D eigenvalue weighted by molar-refractivity contribution is 6.29. The highest BCUT2D eigenvalue weighted by Gasteiger charge is 2.06. The Morgan fingerprint density at radius 2 is 1.83 bits per heavy atom. The van der Waals surface area contributed by atoms with Crippen molar-refractivity contribution in [1.29, 1.82) is 0 Å². The zero-order chi connectivity index (χ0) is 12.5. The minimum absolute atomic E-state index is 0.127. The topological polar surface area (TPSA) is 45.8 Å². The molecule has 0 saturated heterocycles. The second-order valence-electron chi connectivity index (χ2n) is 3.94. The summed E-state index contributed by atoms with van der Waals surface area (Å²) in [6.07, 6.45) is 0. The fourth-order valence-corrected chi connectivity index (χ4v) is 2.04. The van der Waals surface area contributed by atoms with Gasteiger partial charge in [-0.05, 0) is 23.8 Å². The van der Waals surface area contributed by atoms with Crippen molar-refractivity contribution >= 4 is 22.6 Å². The number of nitrogens with zero attached hydrogens (tertiary/aromatic N) is 1. The smallest absolute Gasteiger partial charge is 0.256 e. The summed E-state index contributed by atoms with van der Waals surface area (Å²) in [5.41, 5.74) is 2.70. The summed E-state index contributed by atoms with van der Waals surface area (Å²) >= 11 is 5.85. The molecule has 0 amide bonds. The summed E-state index contributed by atoms with van der Waals surface area (Å²) in [6.45, 7) is 0. The van der Waals surface area contributed by atoms with Gasteiger partial charge in [-0.15, -0.1) is 0 Å². The van der Waals surface area contributed by atoms with Crippen LogP contribution in [0.4, 0.5) is 0 Å². The van der Waals surface area contributed by atoms with E-state index < -0.39 is 0 Å². The Kier molecular flexibility index (Phi) is 2.61. The molecule has 3 rings (SSSR count). The van der Waals surface area contributed by atoms with E-state index in [1.54, 1.807) is 18.2 Å². The first-order valence-corrected chi connectivity index (χ1v) is 5.87. The standard InChI is InChI=1S/C14H9ClN2O/c15-13-7-6-11-12(16-13)8-10(14(18)17-11)9-4-2-1-3-5-9/h1-8H,(H,17,18). The molecule has 1 aromatic carbocycles. The Labute approximate surface area is 108 Å². The Bertz CT molecular complexity index is 766. The van der Waals surface area contributed by atoms with Crippen LogP contribution in [0.25, 0.3) is 22.2 Å². The van der Waals surface area contributed by atoms with Gasteiger partial charge in [-0.2, -0.15) is 0 Å². The van der Waals surface area contributed by atoms with Crippen LogP contribution in [-0.4, -0.2) is 9.97 Å². The molecule has 0 saturated carbocycles. The Balaban J connectivity index is 2.31. The normalized spacial score (nSPS) is 10.7. The summed E-state index contributed by atoms with van der Waals surface area (Å²) in [5, 5.41) is 0.411. The van der Waals surface area contributed by atoms with Gasteiger partial charge < -0.3 is 4.98 Å². The number of aromatic amines is 1. The number of nitrogens with one attached hydrogen (secondary N) is 1. The molecule has 4 heteroatoms. The van der Waals surface area contributed by atoms with Crippen molar-refractivity contribution in [2.24, 2.45) is 0 Å². The highest BCUT2D eigenvalue weighted by atomic mass is 35.5. The Morgan fingerprint density at radius 1 is 1.06 bits per heavy atom. The van der Waals surface area contributed by atoms with Gasteiger partial charge in [0.1, 0.15) is 5.15 Å². The molecule has 0 bridgehead atoms. The van der Waals surface area contributed by atoms with Gasteiger partial charge in [-0.25, -0.2) is 4.98 Å². The number of benzene rings is 1. The molecule has 88 valence electrons. The van der Waals surface area contributed by atoms with E-state index in [0.717, 1.165) is 5.56 Å². The van der Waals surface area contributed by atoms with Gasteiger partial charge >= 0.3 is 0 Å². The number of rotatable bonds is 1. The van der Waals surface area contributed by atoms with Crippen molar-refractivity contribution in [2.75, 3.05) is 0 Å². The summed E-state index contributed by atoms with van der Waals surface area (Å²) in [7, 11) is 0. The first kappa shape index (κ1) is 11.0. The summed E-state index contributed by atoms with van der Waals surface area (Å²) in [6, 6.07) is 14.6. The lowest BCUT2D eigenvalue weighted by Gasteiger charge is -2.03. The van der Waals surface area contributed by atoms with Crippen molar-refractivity contribution in [3.63, 3.8) is 0 Å². The number of H-pyrrole nitrogens is 1. The number of fused-ring (bicyclic) bond motifs is 1. The van der Waals surface area contributed by atoms with Crippen molar-refractivity contribution in [3.05, 3.63) is 64.0 Å². The van der Waals surface area contributed by atoms with Gasteiger partial charge in [0.05, 0.1) is 11.0 Å². The summed E-state index contributed by atoms with van der Waals surface area (Å²) in [4.78, 5) is 19.0. The van der Waals surface area contributed by atoms with Gasteiger partial charge in [0.2, 0.25) is 0 Å². The van der Waals surface area contributed by atoms with Crippen molar-refractivity contribution < 1.29 is 0 Å². The van der Waals surface area contributed by atoms with Crippen LogP contribution in [0.1, 0.15) is 0 Å². The molecule has 18 heavy (non-hydrogen) atoms. The van der Waals surface area contributed by atoms with Crippen LogP contribution in [0.2, 0.25) is 5.15 Å². The third-order valence-corrected chi connectivity index (χ3v) is 2.96. The molecule has 0 aliphatic carbocycles. The van der Waals surface area contributed by atoms with E-state index in [9.17, 15) is 4.79 Å². The summed E-state index contributed by atoms with van der Waals surface area (Å²) in [5.74, 6) is 0. The molecule has 1 N–H and O–H groups in total. The summed E-state index contributed by atoms with van der Waals surface area (Å²) < 4.78 is 0. The van der Waals surface area contributed by atoms with Gasteiger partial charge in [0.25, 0.3) is 5.56 Å². The maximum Gasteiger partial charge on any atom is 0.256 e. The van der Waals surface area contributed by atoms with Crippen LogP contribution in [0.5, 0.6) is 0 Å². The first-order valence-electron chi connectivity index (χ1n) is 5.49. The molecule has 0 radical (unpaired) electrons. The van der Waals surface area contributed by atoms with Crippen LogP contribution >= 0.6 is 11.6 Å². The fraction of sp³-hybridized carbons (Fsp3) is 0. The molecule has 0 spiro atoms. The number of hydrogen-bond acceptors (Lipinski definition) is 2. The Morgan fingerprint density at radius 3 is 2.61 bits per heavy atom. The maximum absolute atomic E-state index is 12.0. The number of aromatic nitrogens is 2. The molecule has 0 aliphatic heterocycles. The highest BCUT2D eigenvalue weighted by Crippen LogP contribution is 2.19. The number of pyridine rings is 2. The van der Waals surface area contributed by atoms with Gasteiger partial charge in [0.15, 0.2) is 0 Å². The van der Waals surface area contributed by atoms with E-state index in [1.807, 2.05) is 30.3 Å². The van der Waals surface area contributed by atoms with Gasteiger partial charge in [-0.1, -0.05) is 41.9 Å². The monoisotopic (exact) mass is 256 g/mol. The molecule has 3 aromatic rings. The van der Waals surface area contributed by atoms with E-state index in [-0.39, 0.29) is 5.56 Å². The predicted molar refractivity (Wildman–Crippen MR) is 72.8 cm³/mol. The predicted octanol–water partition coefficient (Wildman–Crippen LogP) is 3.24. The average Bonchev–Trinajstić information content (AvgIpc) is 2.39. The lowest BCUT2D eigenvalue weighted by Crippen LogP contribution is -2.08. The van der Waals surface area contributed by atoms with Gasteiger partial charge in [0, 0.05) is 5.56 Å². The molecule has 0 aliphatic rings. The minimum Gasteiger partial charge on any atom is -0.320 e. The van der Waals surface area contributed by atoms with Crippen LogP contribution < -0.4 is 5.56 Å².